The summed E-state index contributed by atoms with van der Waals surface area (Å²) in [6.45, 7) is 1.38. The molecule has 1 aromatic rings. The number of nitro benzene ring substituents is 1. The zero-order chi connectivity index (χ0) is 13.1. The van der Waals surface area contributed by atoms with Gasteiger partial charge in [0, 0.05) is 18.3 Å². The number of rotatable bonds is 5. The molecule has 5 heteroatoms. The summed E-state index contributed by atoms with van der Waals surface area (Å²) in [7, 11) is 0. The van der Waals surface area contributed by atoms with Gasteiger partial charge in [-0.1, -0.05) is 5.92 Å². The summed E-state index contributed by atoms with van der Waals surface area (Å²) in [6, 6.07) is 4.76. The third-order valence-electron chi connectivity index (χ3n) is 3.03. The van der Waals surface area contributed by atoms with Crippen LogP contribution in [-0.2, 0) is 0 Å². The number of nitro groups is 1. The quantitative estimate of drug-likeness (QED) is 0.373. The van der Waals surface area contributed by atoms with E-state index >= 15 is 0 Å². The Morgan fingerprint density at radius 1 is 1.56 bits per heavy atom. The normalized spacial score (nSPS) is 13.9. The predicted octanol–water partition coefficient (Wildman–Crippen LogP) is 2.03. The zero-order valence-corrected chi connectivity index (χ0v) is 10.0. The van der Waals surface area contributed by atoms with Crippen molar-refractivity contribution in [2.24, 2.45) is 5.92 Å². The summed E-state index contributed by atoms with van der Waals surface area (Å²) in [6.07, 6.45) is 7.80. The molecule has 0 atom stereocenters. The van der Waals surface area contributed by atoms with Crippen LogP contribution in [0.4, 0.5) is 17.1 Å². The number of nitrogens with two attached hydrogens (primary N) is 1. The summed E-state index contributed by atoms with van der Waals surface area (Å²) in [5.74, 6) is 3.30. The van der Waals surface area contributed by atoms with E-state index in [1.54, 1.807) is 12.1 Å². The Hall–Kier alpha value is -2.22. The highest BCUT2D eigenvalue weighted by atomic mass is 16.6. The maximum Gasteiger partial charge on any atom is 0.292 e. The minimum atomic E-state index is -0.481. The first-order valence-corrected chi connectivity index (χ1v) is 5.84. The summed E-state index contributed by atoms with van der Waals surface area (Å²) in [5.41, 5.74) is 6.64. The molecule has 2 rings (SSSR count). The smallest absolute Gasteiger partial charge is 0.292 e. The Morgan fingerprint density at radius 3 is 2.78 bits per heavy atom. The molecule has 94 valence electrons. The van der Waals surface area contributed by atoms with E-state index in [1.165, 1.54) is 18.9 Å². The monoisotopic (exact) mass is 245 g/mol. The lowest BCUT2D eigenvalue weighted by atomic mass is 10.2. The maximum atomic E-state index is 10.7. The number of hydrogen-bond donors (Lipinski definition) is 1. The number of hydrogen-bond acceptors (Lipinski definition) is 4. The molecular formula is C13H15N3O2. The second kappa shape index (κ2) is 4.96. The number of anilines is 2. The molecule has 0 amide bonds. The van der Waals surface area contributed by atoms with Crippen molar-refractivity contribution in [3.8, 4) is 12.3 Å². The van der Waals surface area contributed by atoms with Crippen molar-refractivity contribution in [3.63, 3.8) is 0 Å². The van der Waals surface area contributed by atoms with E-state index in [0.717, 1.165) is 12.2 Å². The fourth-order valence-electron chi connectivity index (χ4n) is 1.89. The van der Waals surface area contributed by atoms with E-state index < -0.39 is 4.92 Å². The Morgan fingerprint density at radius 2 is 2.28 bits per heavy atom. The van der Waals surface area contributed by atoms with Gasteiger partial charge < -0.3 is 10.6 Å². The molecule has 0 unspecified atom stereocenters. The van der Waals surface area contributed by atoms with Crippen LogP contribution in [0.25, 0.3) is 0 Å². The van der Waals surface area contributed by atoms with Crippen molar-refractivity contribution < 1.29 is 4.92 Å². The predicted molar refractivity (Wildman–Crippen MR) is 71.3 cm³/mol. The van der Waals surface area contributed by atoms with Gasteiger partial charge in [0.15, 0.2) is 0 Å². The second-order valence-electron chi connectivity index (χ2n) is 4.53. The lowest BCUT2D eigenvalue weighted by Gasteiger charge is -2.22. The minimum absolute atomic E-state index is 0.0640. The molecule has 0 heterocycles. The topological polar surface area (TPSA) is 72.4 Å². The molecule has 1 aromatic carbocycles. The van der Waals surface area contributed by atoms with Crippen LogP contribution in [0.3, 0.4) is 0 Å². The number of terminal acetylenes is 1. The second-order valence-corrected chi connectivity index (χ2v) is 4.53. The van der Waals surface area contributed by atoms with E-state index in [0.29, 0.717) is 12.5 Å². The fraction of sp³-hybridized carbons (Fsp3) is 0.385. The van der Waals surface area contributed by atoms with E-state index in [9.17, 15) is 10.1 Å². The van der Waals surface area contributed by atoms with Gasteiger partial charge in [-0.15, -0.1) is 6.42 Å². The van der Waals surface area contributed by atoms with Gasteiger partial charge in [0.25, 0.3) is 5.69 Å². The molecule has 1 aliphatic rings. The molecule has 0 aromatic heterocycles. The van der Waals surface area contributed by atoms with Gasteiger partial charge in [-0.3, -0.25) is 10.1 Å². The largest absolute Gasteiger partial charge is 0.393 e. The number of nitrogens with zero attached hydrogens (tertiary/aromatic N) is 2. The van der Waals surface area contributed by atoms with Crippen LogP contribution in [0, 0.1) is 28.4 Å². The van der Waals surface area contributed by atoms with Gasteiger partial charge >= 0.3 is 0 Å². The van der Waals surface area contributed by atoms with Crippen LogP contribution in [0.2, 0.25) is 0 Å². The van der Waals surface area contributed by atoms with Crippen molar-refractivity contribution in [3.05, 3.63) is 28.3 Å². The van der Waals surface area contributed by atoms with Gasteiger partial charge in [-0.05, 0) is 30.9 Å². The van der Waals surface area contributed by atoms with Crippen LogP contribution in [-0.4, -0.2) is 18.0 Å². The Kier molecular flexibility index (Phi) is 3.38. The third-order valence-corrected chi connectivity index (χ3v) is 3.03. The average Bonchev–Trinajstić information content (AvgIpc) is 3.11. The van der Waals surface area contributed by atoms with Crippen molar-refractivity contribution >= 4 is 17.1 Å². The first kappa shape index (κ1) is 12.2. The molecule has 0 radical (unpaired) electrons. The number of benzene rings is 1. The summed E-state index contributed by atoms with van der Waals surface area (Å²) < 4.78 is 0. The highest BCUT2D eigenvalue weighted by Gasteiger charge is 2.24. The van der Waals surface area contributed by atoms with E-state index in [4.69, 9.17) is 12.2 Å². The molecule has 5 nitrogen and oxygen atoms in total. The van der Waals surface area contributed by atoms with E-state index in [1.807, 2.05) is 4.90 Å². The van der Waals surface area contributed by atoms with Gasteiger partial charge in [-0.25, -0.2) is 0 Å². The molecule has 0 saturated heterocycles. The molecule has 0 aliphatic heterocycles. The molecule has 18 heavy (non-hydrogen) atoms. The maximum absolute atomic E-state index is 10.7. The van der Waals surface area contributed by atoms with Crippen LogP contribution in [0.15, 0.2) is 18.2 Å². The van der Waals surface area contributed by atoms with Crippen molar-refractivity contribution in [1.29, 1.82) is 0 Å². The van der Waals surface area contributed by atoms with Crippen molar-refractivity contribution in [1.82, 2.24) is 0 Å². The summed E-state index contributed by atoms with van der Waals surface area (Å²) >= 11 is 0. The first-order valence-electron chi connectivity index (χ1n) is 5.84. The molecule has 1 aliphatic carbocycles. The molecule has 0 bridgehead atoms. The SMILES string of the molecule is C#CCN(CC1CC1)c1ccc([N+](=O)[O-])c(N)c1. The molecule has 0 spiro atoms. The van der Waals surface area contributed by atoms with Crippen LogP contribution < -0.4 is 10.6 Å². The minimum Gasteiger partial charge on any atom is -0.393 e. The van der Waals surface area contributed by atoms with E-state index in [-0.39, 0.29) is 11.4 Å². The summed E-state index contributed by atoms with van der Waals surface area (Å²) in [5, 5.41) is 10.7. The molecular weight excluding hydrogens is 230 g/mol. The van der Waals surface area contributed by atoms with Crippen LogP contribution >= 0.6 is 0 Å². The van der Waals surface area contributed by atoms with Crippen molar-refractivity contribution in [2.45, 2.75) is 12.8 Å². The summed E-state index contributed by atoms with van der Waals surface area (Å²) in [4.78, 5) is 12.3. The van der Waals surface area contributed by atoms with Gasteiger partial charge in [0.05, 0.1) is 11.5 Å². The third kappa shape index (κ3) is 2.72. The molecule has 2 N–H and O–H groups in total. The lowest BCUT2D eigenvalue weighted by molar-refractivity contribution is -0.383. The number of nitrogen functional groups attached to an aromatic ring is 1. The van der Waals surface area contributed by atoms with Crippen LogP contribution in [0.1, 0.15) is 12.8 Å². The van der Waals surface area contributed by atoms with Gasteiger partial charge in [-0.2, -0.15) is 0 Å². The van der Waals surface area contributed by atoms with Gasteiger partial charge in [0.1, 0.15) is 5.69 Å². The van der Waals surface area contributed by atoms with Crippen LogP contribution in [0.5, 0.6) is 0 Å². The zero-order valence-electron chi connectivity index (χ0n) is 10.0. The molecule has 1 fully saturated rings. The highest BCUT2D eigenvalue weighted by Crippen LogP contribution is 2.33. The Balaban J connectivity index is 2.21. The van der Waals surface area contributed by atoms with Gasteiger partial charge in [0.2, 0.25) is 0 Å². The molecule has 1 saturated carbocycles. The Bertz CT molecular complexity index is 503. The fourth-order valence-corrected chi connectivity index (χ4v) is 1.89. The lowest BCUT2D eigenvalue weighted by Crippen LogP contribution is -2.26. The van der Waals surface area contributed by atoms with Crippen molar-refractivity contribution in [2.75, 3.05) is 23.7 Å². The Labute approximate surface area is 106 Å². The standard InChI is InChI=1S/C13H15N3O2/c1-2-7-15(9-10-3-4-10)11-5-6-13(16(17)18)12(14)8-11/h1,5-6,8,10H,3-4,7,9,14H2. The van der Waals surface area contributed by atoms with E-state index in [2.05, 4.69) is 5.92 Å². The first-order chi connectivity index (χ1) is 8.61. The average molecular weight is 245 g/mol. The highest BCUT2D eigenvalue weighted by molar-refractivity contribution is 5.66.